The van der Waals surface area contributed by atoms with Gasteiger partial charge >= 0.3 is 0 Å². The van der Waals surface area contributed by atoms with Crippen LogP contribution in [-0.4, -0.2) is 15.1 Å². The van der Waals surface area contributed by atoms with E-state index in [1.807, 2.05) is 55.5 Å². The summed E-state index contributed by atoms with van der Waals surface area (Å²) in [4.78, 5) is 8.82. The van der Waals surface area contributed by atoms with E-state index in [1.54, 1.807) is 6.20 Å². The summed E-state index contributed by atoms with van der Waals surface area (Å²) in [6.45, 7) is 1.98. The molecule has 0 aliphatic rings. The van der Waals surface area contributed by atoms with Crippen molar-refractivity contribution in [3.05, 3.63) is 71.5 Å². The molecule has 0 saturated carbocycles. The van der Waals surface area contributed by atoms with Gasteiger partial charge in [-0.15, -0.1) is 0 Å². The maximum atomic E-state index is 10.4. The molecule has 0 bridgehead atoms. The molecule has 1 unspecified atom stereocenters. The van der Waals surface area contributed by atoms with E-state index in [0.29, 0.717) is 5.69 Å². The highest BCUT2D eigenvalue weighted by Gasteiger charge is 2.14. The highest BCUT2D eigenvalue weighted by atomic mass is 16.3. The van der Waals surface area contributed by atoms with E-state index in [4.69, 9.17) is 0 Å². The Morgan fingerprint density at radius 3 is 2.42 bits per heavy atom. The average molecular weight is 250 g/mol. The van der Waals surface area contributed by atoms with Crippen molar-refractivity contribution in [3.63, 3.8) is 0 Å². The fourth-order valence-corrected chi connectivity index (χ4v) is 2.16. The summed E-state index contributed by atoms with van der Waals surface area (Å²) in [5, 5.41) is 10.4. The van der Waals surface area contributed by atoms with Crippen molar-refractivity contribution in [2.75, 3.05) is 0 Å². The van der Waals surface area contributed by atoms with Gasteiger partial charge < -0.3 is 5.11 Å². The standard InChI is InChI=1S/C16H14N2O/c1-11-6-2-3-7-12(11)16(19)15-10-17-13-8-4-5-9-14(13)18-15/h2-10,16,19H,1H3. The Labute approximate surface area is 111 Å². The van der Waals surface area contributed by atoms with Crippen LogP contribution >= 0.6 is 0 Å². The van der Waals surface area contributed by atoms with E-state index in [0.717, 1.165) is 22.2 Å². The van der Waals surface area contributed by atoms with Crippen LogP contribution in [0.2, 0.25) is 0 Å². The summed E-state index contributed by atoms with van der Waals surface area (Å²) in [7, 11) is 0. The van der Waals surface area contributed by atoms with Gasteiger partial charge in [0.1, 0.15) is 6.10 Å². The van der Waals surface area contributed by atoms with Gasteiger partial charge in [0.05, 0.1) is 22.9 Å². The third kappa shape index (κ3) is 2.20. The molecular weight excluding hydrogens is 236 g/mol. The Kier molecular flexibility index (Phi) is 2.97. The maximum absolute atomic E-state index is 10.4. The van der Waals surface area contributed by atoms with E-state index < -0.39 is 6.10 Å². The first-order valence-electron chi connectivity index (χ1n) is 6.21. The molecule has 0 fully saturated rings. The molecule has 0 amide bonds. The number of fused-ring (bicyclic) bond motifs is 1. The summed E-state index contributed by atoms with van der Waals surface area (Å²) in [6, 6.07) is 15.4. The molecule has 94 valence electrons. The number of nitrogens with zero attached hydrogens (tertiary/aromatic N) is 2. The number of para-hydroxylation sites is 2. The molecule has 1 N–H and O–H groups in total. The summed E-state index contributed by atoms with van der Waals surface area (Å²) in [6.07, 6.45) is 0.901. The van der Waals surface area contributed by atoms with Crippen molar-refractivity contribution >= 4 is 11.0 Å². The lowest BCUT2D eigenvalue weighted by atomic mass is 10.0. The van der Waals surface area contributed by atoms with Crippen molar-refractivity contribution in [3.8, 4) is 0 Å². The maximum Gasteiger partial charge on any atom is 0.123 e. The molecule has 1 heterocycles. The van der Waals surface area contributed by atoms with Crippen molar-refractivity contribution in [1.82, 2.24) is 9.97 Å². The highest BCUT2D eigenvalue weighted by molar-refractivity contribution is 5.73. The predicted molar refractivity (Wildman–Crippen MR) is 74.8 cm³/mol. The fraction of sp³-hybridized carbons (Fsp3) is 0.125. The smallest absolute Gasteiger partial charge is 0.123 e. The Hall–Kier alpha value is -2.26. The van der Waals surface area contributed by atoms with Crippen LogP contribution in [0, 0.1) is 6.92 Å². The molecule has 0 spiro atoms. The largest absolute Gasteiger partial charge is 0.382 e. The lowest BCUT2D eigenvalue weighted by Crippen LogP contribution is -2.05. The third-order valence-corrected chi connectivity index (χ3v) is 3.23. The van der Waals surface area contributed by atoms with Gasteiger partial charge in [0.15, 0.2) is 0 Å². The molecule has 1 atom stereocenters. The molecular formula is C16H14N2O. The zero-order chi connectivity index (χ0) is 13.2. The number of benzene rings is 2. The van der Waals surface area contributed by atoms with Gasteiger partial charge in [-0.2, -0.15) is 0 Å². The van der Waals surface area contributed by atoms with Crippen LogP contribution in [0.1, 0.15) is 22.9 Å². The molecule has 3 heteroatoms. The van der Waals surface area contributed by atoms with Crippen molar-refractivity contribution in [2.24, 2.45) is 0 Å². The normalized spacial score (nSPS) is 12.5. The molecule has 2 aromatic carbocycles. The molecule has 0 saturated heterocycles. The molecule has 0 aliphatic carbocycles. The van der Waals surface area contributed by atoms with E-state index in [2.05, 4.69) is 9.97 Å². The molecule has 3 rings (SSSR count). The molecule has 0 aliphatic heterocycles. The van der Waals surface area contributed by atoms with Gasteiger partial charge in [0, 0.05) is 0 Å². The summed E-state index contributed by atoms with van der Waals surface area (Å²) in [5.41, 5.74) is 4.13. The van der Waals surface area contributed by atoms with Crippen LogP contribution in [0.15, 0.2) is 54.7 Å². The van der Waals surface area contributed by atoms with Gasteiger partial charge in [0.2, 0.25) is 0 Å². The van der Waals surface area contributed by atoms with E-state index in [1.165, 1.54) is 0 Å². The first-order valence-corrected chi connectivity index (χ1v) is 6.21. The van der Waals surface area contributed by atoms with Crippen molar-refractivity contribution < 1.29 is 5.11 Å². The van der Waals surface area contributed by atoms with Gasteiger partial charge in [0.25, 0.3) is 0 Å². The monoisotopic (exact) mass is 250 g/mol. The predicted octanol–water partition coefficient (Wildman–Crippen LogP) is 3.02. The van der Waals surface area contributed by atoms with Crippen molar-refractivity contribution in [2.45, 2.75) is 13.0 Å². The number of aryl methyl sites for hydroxylation is 1. The van der Waals surface area contributed by atoms with E-state index in [-0.39, 0.29) is 0 Å². The Morgan fingerprint density at radius 2 is 1.63 bits per heavy atom. The number of hydrogen-bond donors (Lipinski definition) is 1. The number of rotatable bonds is 2. The second kappa shape index (κ2) is 4.78. The van der Waals surface area contributed by atoms with Gasteiger partial charge in [-0.25, -0.2) is 4.98 Å². The zero-order valence-electron chi connectivity index (χ0n) is 10.6. The van der Waals surface area contributed by atoms with Crippen LogP contribution in [0.5, 0.6) is 0 Å². The fourth-order valence-electron chi connectivity index (χ4n) is 2.16. The summed E-state index contributed by atoms with van der Waals surface area (Å²) < 4.78 is 0. The second-order valence-corrected chi connectivity index (χ2v) is 4.54. The molecule has 3 aromatic rings. The molecule has 3 nitrogen and oxygen atoms in total. The number of aliphatic hydroxyl groups is 1. The topological polar surface area (TPSA) is 46.0 Å². The van der Waals surface area contributed by atoms with E-state index in [9.17, 15) is 5.11 Å². The molecule has 1 aromatic heterocycles. The minimum absolute atomic E-state index is 0.577. The SMILES string of the molecule is Cc1ccccc1C(O)c1cnc2ccccc2n1. The Balaban J connectivity index is 2.07. The van der Waals surface area contributed by atoms with E-state index >= 15 is 0 Å². The first kappa shape index (κ1) is 11.8. The Morgan fingerprint density at radius 1 is 0.947 bits per heavy atom. The van der Waals surface area contributed by atoms with Crippen LogP contribution in [0.3, 0.4) is 0 Å². The zero-order valence-corrected chi connectivity index (χ0v) is 10.6. The number of hydrogen-bond acceptors (Lipinski definition) is 3. The quantitative estimate of drug-likeness (QED) is 0.760. The summed E-state index contributed by atoms with van der Waals surface area (Å²) >= 11 is 0. The minimum Gasteiger partial charge on any atom is -0.382 e. The van der Waals surface area contributed by atoms with Gasteiger partial charge in [-0.1, -0.05) is 36.4 Å². The molecule has 19 heavy (non-hydrogen) atoms. The average Bonchev–Trinajstić information content (AvgIpc) is 2.46. The van der Waals surface area contributed by atoms with Gasteiger partial charge in [-0.05, 0) is 30.2 Å². The minimum atomic E-state index is -0.738. The molecule has 0 radical (unpaired) electrons. The van der Waals surface area contributed by atoms with Crippen LogP contribution in [-0.2, 0) is 0 Å². The van der Waals surface area contributed by atoms with Crippen LogP contribution in [0.4, 0.5) is 0 Å². The highest BCUT2D eigenvalue weighted by Crippen LogP contribution is 2.23. The van der Waals surface area contributed by atoms with Crippen LogP contribution in [0.25, 0.3) is 11.0 Å². The first-order chi connectivity index (χ1) is 9.25. The number of aromatic nitrogens is 2. The van der Waals surface area contributed by atoms with Crippen molar-refractivity contribution in [1.29, 1.82) is 0 Å². The third-order valence-electron chi connectivity index (χ3n) is 3.23. The summed E-state index contributed by atoms with van der Waals surface area (Å²) in [5.74, 6) is 0. The number of aliphatic hydroxyl groups excluding tert-OH is 1. The van der Waals surface area contributed by atoms with Crippen LogP contribution < -0.4 is 0 Å². The second-order valence-electron chi connectivity index (χ2n) is 4.54. The lowest BCUT2D eigenvalue weighted by molar-refractivity contribution is 0.214. The Bertz CT molecular complexity index is 725. The lowest BCUT2D eigenvalue weighted by Gasteiger charge is -2.13. The van der Waals surface area contributed by atoms with Gasteiger partial charge in [-0.3, -0.25) is 4.98 Å².